The molecule has 0 aliphatic rings. The Kier molecular flexibility index (Phi) is 7.85. The van der Waals surface area contributed by atoms with Gasteiger partial charge in [-0.1, -0.05) is 127 Å². The summed E-state index contributed by atoms with van der Waals surface area (Å²) in [5, 5.41) is 11.5. The van der Waals surface area contributed by atoms with E-state index >= 15 is 0 Å². The van der Waals surface area contributed by atoms with Crippen LogP contribution in [0.15, 0.2) is 217 Å². The molecule has 0 amide bonds. The normalized spacial score (nSPS) is 12.1. The van der Waals surface area contributed by atoms with Crippen molar-refractivity contribution in [3.8, 4) is 45.5 Å². The average Bonchev–Trinajstić information content (AvgIpc) is 4.15. The fourth-order valence-corrected chi connectivity index (χ4v) is 11.7. The van der Waals surface area contributed by atoms with Crippen molar-refractivity contribution >= 4 is 108 Å². The molecule has 0 spiro atoms. The van der Waals surface area contributed by atoms with Gasteiger partial charge < -0.3 is 13.6 Å². The summed E-state index contributed by atoms with van der Waals surface area (Å²) in [7, 11) is 0. The number of thiophene rings is 1. The number of furan rings is 1. The highest BCUT2D eigenvalue weighted by Gasteiger charge is 2.23. The molecular weight excluding hydrogens is 851 g/mol. The van der Waals surface area contributed by atoms with Crippen LogP contribution in [0.2, 0.25) is 0 Å². The van der Waals surface area contributed by atoms with Crippen molar-refractivity contribution in [1.29, 1.82) is 0 Å². The molecule has 0 N–H and O–H groups in total. The molecule has 7 heteroatoms. The summed E-state index contributed by atoms with van der Waals surface area (Å²) in [5.74, 6) is 1.77. The third kappa shape index (κ3) is 5.54. The second kappa shape index (κ2) is 14.3. The monoisotopic (exact) mass is 885 g/mol. The lowest BCUT2D eigenvalue weighted by molar-refractivity contribution is 0.666. The fraction of sp³-hybridized carbons (Fsp3) is 0. The van der Waals surface area contributed by atoms with E-state index in [0.29, 0.717) is 17.5 Å². The lowest BCUT2D eigenvalue weighted by atomic mass is 10.1. The molecule has 0 aliphatic carbocycles. The number of rotatable bonds is 5. The first-order valence-corrected chi connectivity index (χ1v) is 23.6. The fourth-order valence-electron chi connectivity index (χ4n) is 10.6. The topological polar surface area (TPSA) is 61.7 Å². The average molecular weight is 886 g/mol. The SMILES string of the molecule is c1ccc(-n2c3ccccc3c3ccc(-c4nc(-c5ccc6sc7ccccc7c6c5)nc(-c5cc(-n6c7ccccc7c7cc8ccccc8cc76)c6oc7ccccc7c6c5)n4)cc32)cc1. The maximum atomic E-state index is 6.88. The molecule has 316 valence electrons. The van der Waals surface area contributed by atoms with Crippen LogP contribution in [0.1, 0.15) is 0 Å². The van der Waals surface area contributed by atoms with Crippen LogP contribution in [0.5, 0.6) is 0 Å². The predicted octanol–water partition coefficient (Wildman–Crippen LogP) is 16.5. The van der Waals surface area contributed by atoms with E-state index in [2.05, 4.69) is 209 Å². The maximum absolute atomic E-state index is 6.88. The van der Waals surface area contributed by atoms with Crippen molar-refractivity contribution in [3.05, 3.63) is 212 Å². The highest BCUT2D eigenvalue weighted by molar-refractivity contribution is 7.25. The Balaban J connectivity index is 1.02. The Morgan fingerprint density at radius 1 is 0.338 bits per heavy atom. The van der Waals surface area contributed by atoms with Gasteiger partial charge in [0.15, 0.2) is 23.1 Å². The number of nitrogens with zero attached hydrogens (tertiary/aromatic N) is 5. The summed E-state index contributed by atoms with van der Waals surface area (Å²) < 4.78 is 14.1. The molecule has 0 atom stereocenters. The van der Waals surface area contributed by atoms with Crippen LogP contribution in [-0.2, 0) is 0 Å². The maximum Gasteiger partial charge on any atom is 0.164 e. The summed E-state index contributed by atoms with van der Waals surface area (Å²) >= 11 is 1.81. The van der Waals surface area contributed by atoms with Crippen molar-refractivity contribution in [2.24, 2.45) is 0 Å². The predicted molar refractivity (Wildman–Crippen MR) is 282 cm³/mol. The first kappa shape index (κ1) is 37.3. The molecule has 0 fully saturated rings. The molecule has 0 unspecified atom stereocenters. The summed E-state index contributed by atoms with van der Waals surface area (Å²) in [6.45, 7) is 0. The van der Waals surface area contributed by atoms with E-state index in [-0.39, 0.29) is 0 Å². The Morgan fingerprint density at radius 3 is 1.71 bits per heavy atom. The minimum atomic E-state index is 0.573. The summed E-state index contributed by atoms with van der Waals surface area (Å²) in [4.78, 5) is 16.3. The van der Waals surface area contributed by atoms with Gasteiger partial charge in [-0.3, -0.25) is 0 Å². The number of hydrogen-bond acceptors (Lipinski definition) is 5. The van der Waals surface area contributed by atoms with E-state index in [9.17, 15) is 0 Å². The zero-order chi connectivity index (χ0) is 44.5. The molecule has 5 aromatic heterocycles. The molecule has 0 saturated heterocycles. The number of fused-ring (bicyclic) bond motifs is 13. The molecule has 0 saturated carbocycles. The second-order valence-corrected chi connectivity index (χ2v) is 18.7. The van der Waals surface area contributed by atoms with E-state index in [4.69, 9.17) is 19.4 Å². The van der Waals surface area contributed by atoms with Gasteiger partial charge in [0.05, 0.1) is 27.8 Å². The van der Waals surface area contributed by atoms with Gasteiger partial charge in [-0.25, -0.2) is 15.0 Å². The summed E-state index contributed by atoms with van der Waals surface area (Å²) in [6, 6.07) is 75.5. The van der Waals surface area contributed by atoms with Gasteiger partial charge in [-0.2, -0.15) is 0 Å². The van der Waals surface area contributed by atoms with Crippen LogP contribution in [0.3, 0.4) is 0 Å². The van der Waals surface area contributed by atoms with Crippen LogP contribution in [0, 0.1) is 0 Å². The number of hydrogen-bond donors (Lipinski definition) is 0. The molecule has 0 bridgehead atoms. The molecule has 5 heterocycles. The van der Waals surface area contributed by atoms with E-state index in [0.717, 1.165) is 72.1 Å². The van der Waals surface area contributed by atoms with Crippen molar-refractivity contribution in [1.82, 2.24) is 24.1 Å². The number of aromatic nitrogens is 5. The van der Waals surface area contributed by atoms with Crippen molar-refractivity contribution in [2.75, 3.05) is 0 Å². The van der Waals surface area contributed by atoms with Crippen LogP contribution in [-0.4, -0.2) is 24.1 Å². The van der Waals surface area contributed by atoms with Gasteiger partial charge >= 0.3 is 0 Å². The molecule has 10 aromatic carbocycles. The molecule has 15 aromatic rings. The zero-order valence-electron chi connectivity index (χ0n) is 36.3. The lowest BCUT2D eigenvalue weighted by Gasteiger charge is -2.13. The largest absolute Gasteiger partial charge is 0.454 e. The van der Waals surface area contributed by atoms with Gasteiger partial charge in [-0.15, -0.1) is 11.3 Å². The Morgan fingerprint density at radius 2 is 0.897 bits per heavy atom. The van der Waals surface area contributed by atoms with E-state index in [1.165, 1.54) is 52.5 Å². The lowest BCUT2D eigenvalue weighted by Crippen LogP contribution is -2.02. The van der Waals surface area contributed by atoms with Gasteiger partial charge in [-0.05, 0) is 95.7 Å². The Hall–Kier alpha value is -8.91. The van der Waals surface area contributed by atoms with Crippen molar-refractivity contribution in [3.63, 3.8) is 0 Å². The van der Waals surface area contributed by atoms with Gasteiger partial charge in [0.2, 0.25) is 0 Å². The molecule has 6 nitrogen and oxygen atoms in total. The van der Waals surface area contributed by atoms with Crippen molar-refractivity contribution < 1.29 is 4.42 Å². The molecular formula is C61H35N5OS. The highest BCUT2D eigenvalue weighted by Crippen LogP contribution is 2.43. The first-order chi connectivity index (χ1) is 33.7. The Bertz CT molecular complexity index is 4580. The molecule has 15 rings (SSSR count). The van der Waals surface area contributed by atoms with Crippen molar-refractivity contribution in [2.45, 2.75) is 0 Å². The second-order valence-electron chi connectivity index (χ2n) is 17.6. The summed E-state index contributed by atoms with van der Waals surface area (Å²) in [5.41, 5.74) is 10.7. The number of para-hydroxylation sites is 4. The standard InChI is InChI=1S/C61H35N5OS/c1-2-16-41(17-3-1)65-50-22-10-6-18-42(50)44-28-26-39(34-52(44)65)60-62-59(38-27-29-57-48(31-38)46-21-9-13-25-56(46)68-57)63-61(64-60)40-32-49-45-20-8-12-24-55(45)67-58(49)54(35-40)66-51-23-11-7-19-43(51)47-30-36-14-4-5-15-37(36)33-53(47)66/h1-35H. The molecule has 68 heavy (non-hydrogen) atoms. The molecule has 0 radical (unpaired) electrons. The van der Waals surface area contributed by atoms with Crippen LogP contribution < -0.4 is 0 Å². The molecule has 0 aliphatic heterocycles. The minimum Gasteiger partial charge on any atom is -0.454 e. The van der Waals surface area contributed by atoms with E-state index in [1.807, 2.05) is 12.1 Å². The number of benzene rings is 10. The third-order valence-electron chi connectivity index (χ3n) is 13.7. The highest BCUT2D eigenvalue weighted by atomic mass is 32.1. The third-order valence-corrected chi connectivity index (χ3v) is 14.9. The minimum absolute atomic E-state index is 0.573. The van der Waals surface area contributed by atoms with Gasteiger partial charge in [0, 0.05) is 74.9 Å². The Labute approximate surface area is 392 Å². The quantitative estimate of drug-likeness (QED) is 0.173. The van der Waals surface area contributed by atoms with Crippen LogP contribution in [0.25, 0.3) is 142 Å². The first-order valence-electron chi connectivity index (χ1n) is 22.8. The van der Waals surface area contributed by atoms with Gasteiger partial charge in [0.1, 0.15) is 5.58 Å². The summed E-state index contributed by atoms with van der Waals surface area (Å²) in [6.07, 6.45) is 0. The van der Waals surface area contributed by atoms with E-state index in [1.54, 1.807) is 11.3 Å². The zero-order valence-corrected chi connectivity index (χ0v) is 37.1. The van der Waals surface area contributed by atoms with E-state index < -0.39 is 0 Å². The van der Waals surface area contributed by atoms with Gasteiger partial charge in [0.25, 0.3) is 0 Å². The smallest absolute Gasteiger partial charge is 0.164 e. The van der Waals surface area contributed by atoms with Crippen LogP contribution >= 0.6 is 11.3 Å². The van der Waals surface area contributed by atoms with Crippen LogP contribution in [0.4, 0.5) is 0 Å².